The van der Waals surface area contributed by atoms with Gasteiger partial charge in [-0.1, -0.05) is 26.0 Å². The second-order valence-electron chi connectivity index (χ2n) is 6.40. The van der Waals surface area contributed by atoms with Crippen LogP contribution < -0.4 is 4.74 Å². The van der Waals surface area contributed by atoms with E-state index in [2.05, 4.69) is 13.8 Å². The van der Waals surface area contributed by atoms with E-state index in [1.807, 2.05) is 29.2 Å². The van der Waals surface area contributed by atoms with Gasteiger partial charge in [-0.2, -0.15) is 0 Å². The molecule has 2 heterocycles. The lowest BCUT2D eigenvalue weighted by atomic mass is 9.89. The number of carbonyl (C=O) groups excluding carboxylic acids is 2. The summed E-state index contributed by atoms with van der Waals surface area (Å²) < 4.78 is 6.16. The van der Waals surface area contributed by atoms with Crippen molar-refractivity contribution in [1.29, 1.82) is 0 Å². The molecular formula is C18H23NO3. The number of fused-ring (bicyclic) bond motifs is 1. The number of hydrogen-bond acceptors (Lipinski definition) is 3. The smallest absolute Gasteiger partial charge is 0.225 e. The van der Waals surface area contributed by atoms with Crippen molar-refractivity contribution in [3.05, 3.63) is 29.8 Å². The molecule has 1 spiro atoms. The lowest BCUT2D eigenvalue weighted by molar-refractivity contribution is -0.135. The van der Waals surface area contributed by atoms with Gasteiger partial charge in [-0.25, -0.2) is 0 Å². The first kappa shape index (κ1) is 15.1. The van der Waals surface area contributed by atoms with Crippen molar-refractivity contribution in [2.24, 2.45) is 5.92 Å². The van der Waals surface area contributed by atoms with Gasteiger partial charge in [-0.3, -0.25) is 9.59 Å². The number of hydrogen-bond donors (Lipinski definition) is 0. The van der Waals surface area contributed by atoms with Gasteiger partial charge in [0.15, 0.2) is 5.78 Å². The predicted molar refractivity (Wildman–Crippen MR) is 84.0 cm³/mol. The van der Waals surface area contributed by atoms with Crippen LogP contribution >= 0.6 is 0 Å². The third-order valence-electron chi connectivity index (χ3n) is 4.96. The monoisotopic (exact) mass is 301 g/mol. The first-order chi connectivity index (χ1) is 10.6. The molecule has 4 heteroatoms. The maximum absolute atomic E-state index is 12.5. The van der Waals surface area contributed by atoms with Gasteiger partial charge in [0.1, 0.15) is 11.4 Å². The number of benzene rings is 1. The average Bonchev–Trinajstić information content (AvgIpc) is 2.91. The summed E-state index contributed by atoms with van der Waals surface area (Å²) in [5.41, 5.74) is 0.144. The Labute approximate surface area is 131 Å². The highest BCUT2D eigenvalue weighted by Crippen LogP contribution is 2.39. The molecule has 1 aromatic rings. The molecule has 22 heavy (non-hydrogen) atoms. The Morgan fingerprint density at radius 3 is 2.77 bits per heavy atom. The van der Waals surface area contributed by atoms with Crippen LogP contribution in [0.4, 0.5) is 0 Å². The van der Waals surface area contributed by atoms with E-state index in [-0.39, 0.29) is 17.6 Å². The summed E-state index contributed by atoms with van der Waals surface area (Å²) in [5, 5.41) is 0. The van der Waals surface area contributed by atoms with Crippen molar-refractivity contribution in [3.8, 4) is 5.75 Å². The highest BCUT2D eigenvalue weighted by atomic mass is 16.5. The van der Waals surface area contributed by atoms with Gasteiger partial charge in [-0.05, 0) is 25.0 Å². The predicted octanol–water partition coefficient (Wildman–Crippen LogP) is 3.06. The molecule has 1 fully saturated rings. The molecule has 0 bridgehead atoms. The Morgan fingerprint density at radius 1 is 1.32 bits per heavy atom. The summed E-state index contributed by atoms with van der Waals surface area (Å²) in [4.78, 5) is 26.8. The zero-order valence-corrected chi connectivity index (χ0v) is 13.3. The first-order valence-electron chi connectivity index (χ1n) is 8.18. The summed E-state index contributed by atoms with van der Waals surface area (Å²) >= 11 is 0. The molecule has 1 atom stereocenters. The molecule has 1 aromatic carbocycles. The molecule has 1 unspecified atom stereocenters. The Bertz CT molecular complexity index is 594. The number of ketones is 1. The van der Waals surface area contributed by atoms with Crippen LogP contribution in [-0.2, 0) is 4.79 Å². The number of rotatable bonds is 3. The molecule has 118 valence electrons. The summed E-state index contributed by atoms with van der Waals surface area (Å²) in [6.45, 7) is 5.32. The Kier molecular flexibility index (Phi) is 3.94. The Morgan fingerprint density at radius 2 is 2.05 bits per heavy atom. The fourth-order valence-electron chi connectivity index (χ4n) is 3.60. The van der Waals surface area contributed by atoms with Crippen molar-refractivity contribution in [2.75, 3.05) is 13.1 Å². The lowest BCUT2D eigenvalue weighted by Crippen LogP contribution is -2.46. The van der Waals surface area contributed by atoms with Crippen LogP contribution in [0.15, 0.2) is 24.3 Å². The Hall–Kier alpha value is -1.84. The van der Waals surface area contributed by atoms with E-state index in [1.165, 1.54) is 0 Å². The van der Waals surface area contributed by atoms with Gasteiger partial charge in [0, 0.05) is 18.9 Å². The first-order valence-corrected chi connectivity index (χ1v) is 8.18. The van der Waals surface area contributed by atoms with Crippen molar-refractivity contribution in [3.63, 3.8) is 0 Å². The van der Waals surface area contributed by atoms with Gasteiger partial charge >= 0.3 is 0 Å². The molecule has 2 aliphatic rings. The van der Waals surface area contributed by atoms with E-state index in [0.717, 1.165) is 19.3 Å². The molecule has 0 N–H and O–H groups in total. The van der Waals surface area contributed by atoms with E-state index in [0.29, 0.717) is 30.8 Å². The third kappa shape index (κ3) is 2.51. The molecular weight excluding hydrogens is 278 g/mol. The minimum absolute atomic E-state index is 0.0849. The fourth-order valence-corrected chi connectivity index (χ4v) is 3.60. The fraction of sp³-hybridized carbons (Fsp3) is 0.556. The summed E-state index contributed by atoms with van der Waals surface area (Å²) in [6, 6.07) is 7.40. The highest BCUT2D eigenvalue weighted by molar-refractivity contribution is 6.00. The van der Waals surface area contributed by atoms with Crippen LogP contribution in [0, 0.1) is 5.92 Å². The maximum Gasteiger partial charge on any atom is 0.225 e. The van der Waals surface area contributed by atoms with Gasteiger partial charge in [0.05, 0.1) is 18.5 Å². The number of likely N-dealkylation sites (tertiary alicyclic amines) is 1. The van der Waals surface area contributed by atoms with E-state index in [1.54, 1.807) is 0 Å². The SMILES string of the molecule is CCC(CC)C(=O)N1CCC2(CC(=O)c3ccccc3O2)C1. The maximum atomic E-state index is 12.5. The minimum atomic E-state index is -0.521. The van der Waals surface area contributed by atoms with Crippen LogP contribution in [0.25, 0.3) is 0 Å². The largest absolute Gasteiger partial charge is 0.484 e. The number of para-hydroxylation sites is 1. The number of carbonyl (C=O) groups is 2. The van der Waals surface area contributed by atoms with Gasteiger partial charge in [0.2, 0.25) is 5.91 Å². The van der Waals surface area contributed by atoms with E-state index >= 15 is 0 Å². The third-order valence-corrected chi connectivity index (χ3v) is 4.96. The summed E-state index contributed by atoms with van der Waals surface area (Å²) in [7, 11) is 0. The van der Waals surface area contributed by atoms with Crippen molar-refractivity contribution < 1.29 is 14.3 Å². The van der Waals surface area contributed by atoms with E-state index in [4.69, 9.17) is 4.74 Å². The van der Waals surface area contributed by atoms with Crippen LogP contribution in [0.5, 0.6) is 5.75 Å². The van der Waals surface area contributed by atoms with Crippen molar-refractivity contribution in [2.45, 2.75) is 45.1 Å². The Balaban J connectivity index is 1.78. The summed E-state index contributed by atoms with van der Waals surface area (Å²) in [6.07, 6.45) is 2.83. The van der Waals surface area contributed by atoms with Crippen molar-refractivity contribution in [1.82, 2.24) is 4.90 Å². The molecule has 2 aliphatic heterocycles. The zero-order chi connectivity index (χ0) is 15.7. The molecule has 1 saturated heterocycles. The molecule has 0 aromatic heterocycles. The van der Waals surface area contributed by atoms with Gasteiger partial charge in [0.25, 0.3) is 0 Å². The highest BCUT2D eigenvalue weighted by Gasteiger charge is 2.47. The van der Waals surface area contributed by atoms with Crippen LogP contribution in [-0.4, -0.2) is 35.3 Å². The van der Waals surface area contributed by atoms with Crippen LogP contribution in [0.1, 0.15) is 49.9 Å². The van der Waals surface area contributed by atoms with Gasteiger partial charge in [-0.15, -0.1) is 0 Å². The summed E-state index contributed by atoms with van der Waals surface area (Å²) in [5.74, 6) is 1.08. The number of amides is 1. The molecule has 0 saturated carbocycles. The second-order valence-corrected chi connectivity index (χ2v) is 6.40. The number of Topliss-reactive ketones (excluding diaryl/α,β-unsaturated/α-hetero) is 1. The molecule has 1 amide bonds. The standard InChI is InChI=1S/C18H23NO3/c1-3-13(4-2)17(21)19-10-9-18(12-19)11-15(20)14-7-5-6-8-16(14)22-18/h5-8,13H,3-4,9-12H2,1-2H3. The number of nitrogens with zero attached hydrogens (tertiary/aromatic N) is 1. The quantitative estimate of drug-likeness (QED) is 0.862. The molecule has 0 aliphatic carbocycles. The topological polar surface area (TPSA) is 46.6 Å². The second kappa shape index (κ2) is 5.75. The molecule has 0 radical (unpaired) electrons. The lowest BCUT2D eigenvalue weighted by Gasteiger charge is -2.34. The van der Waals surface area contributed by atoms with Crippen molar-refractivity contribution >= 4 is 11.7 Å². The average molecular weight is 301 g/mol. The van der Waals surface area contributed by atoms with Crippen LogP contribution in [0.2, 0.25) is 0 Å². The zero-order valence-electron chi connectivity index (χ0n) is 13.3. The van der Waals surface area contributed by atoms with Crippen LogP contribution in [0.3, 0.4) is 0 Å². The molecule has 4 nitrogen and oxygen atoms in total. The number of ether oxygens (including phenoxy) is 1. The van der Waals surface area contributed by atoms with E-state index < -0.39 is 5.60 Å². The minimum Gasteiger partial charge on any atom is -0.484 e. The molecule has 3 rings (SSSR count). The normalized spacial score (nSPS) is 23.8. The van der Waals surface area contributed by atoms with E-state index in [9.17, 15) is 9.59 Å². The van der Waals surface area contributed by atoms with Gasteiger partial charge < -0.3 is 9.64 Å².